The van der Waals surface area contributed by atoms with Crippen LogP contribution in [0, 0.1) is 11.8 Å². The highest BCUT2D eigenvalue weighted by Gasteiger charge is 2.39. The van der Waals surface area contributed by atoms with Crippen molar-refractivity contribution in [2.24, 2.45) is 11.8 Å². The van der Waals surface area contributed by atoms with Gasteiger partial charge in [0.1, 0.15) is 0 Å². The molecule has 22 heavy (non-hydrogen) atoms. The summed E-state index contributed by atoms with van der Waals surface area (Å²) in [4.78, 5) is 25.8. The summed E-state index contributed by atoms with van der Waals surface area (Å²) in [6, 6.07) is 6.99. The van der Waals surface area contributed by atoms with Gasteiger partial charge in [-0.15, -0.1) is 0 Å². The Kier molecular flexibility index (Phi) is 5.19. The Morgan fingerprint density at radius 1 is 1.45 bits per heavy atom. The van der Waals surface area contributed by atoms with Gasteiger partial charge in [0, 0.05) is 30.8 Å². The SMILES string of the molecule is CC(O)CCN(C)C(=O)c1cccc(NC(=O)C2CC2C)c1. The summed E-state index contributed by atoms with van der Waals surface area (Å²) in [5.74, 6) is 0.473. The number of hydrogen-bond donors (Lipinski definition) is 2. The van der Waals surface area contributed by atoms with Gasteiger partial charge in [-0.05, 0) is 43.9 Å². The molecule has 2 amide bonds. The maximum atomic E-state index is 12.3. The minimum atomic E-state index is -0.429. The van der Waals surface area contributed by atoms with Gasteiger partial charge in [0.05, 0.1) is 6.10 Å². The fourth-order valence-corrected chi connectivity index (χ4v) is 2.35. The molecule has 3 unspecified atom stereocenters. The van der Waals surface area contributed by atoms with Gasteiger partial charge >= 0.3 is 0 Å². The molecular formula is C17H24N2O3. The molecule has 120 valence electrons. The van der Waals surface area contributed by atoms with E-state index in [0.29, 0.717) is 30.1 Å². The standard InChI is InChI=1S/C17H24N2O3/c1-11-9-15(11)16(21)18-14-6-4-5-13(10-14)17(22)19(3)8-7-12(2)20/h4-6,10-12,15,20H,7-9H2,1-3H3,(H,18,21). The van der Waals surface area contributed by atoms with E-state index < -0.39 is 6.10 Å². The van der Waals surface area contributed by atoms with E-state index >= 15 is 0 Å². The highest BCUT2D eigenvalue weighted by atomic mass is 16.3. The minimum absolute atomic E-state index is 0.0274. The summed E-state index contributed by atoms with van der Waals surface area (Å²) >= 11 is 0. The number of hydrogen-bond acceptors (Lipinski definition) is 3. The van der Waals surface area contributed by atoms with E-state index in [1.54, 1.807) is 43.1 Å². The molecule has 1 saturated carbocycles. The van der Waals surface area contributed by atoms with Gasteiger partial charge < -0.3 is 15.3 Å². The molecule has 1 fully saturated rings. The predicted octanol–water partition coefficient (Wildman–Crippen LogP) is 2.12. The summed E-state index contributed by atoms with van der Waals surface area (Å²) in [6.07, 6.45) is 1.05. The number of nitrogens with one attached hydrogen (secondary N) is 1. The number of carbonyl (C=O) groups is 2. The van der Waals surface area contributed by atoms with Crippen LogP contribution in [0.3, 0.4) is 0 Å². The van der Waals surface area contributed by atoms with Crippen LogP contribution in [0.4, 0.5) is 5.69 Å². The maximum Gasteiger partial charge on any atom is 0.253 e. The zero-order valence-electron chi connectivity index (χ0n) is 13.4. The summed E-state index contributed by atoms with van der Waals surface area (Å²) in [5.41, 5.74) is 1.19. The van der Waals surface area contributed by atoms with Crippen molar-refractivity contribution in [2.75, 3.05) is 18.9 Å². The van der Waals surface area contributed by atoms with Crippen LogP contribution in [0.1, 0.15) is 37.0 Å². The Morgan fingerprint density at radius 3 is 2.73 bits per heavy atom. The van der Waals surface area contributed by atoms with Crippen molar-refractivity contribution in [3.63, 3.8) is 0 Å². The molecule has 0 radical (unpaired) electrons. The Labute approximate surface area is 131 Å². The first kappa shape index (κ1) is 16.5. The average molecular weight is 304 g/mol. The minimum Gasteiger partial charge on any atom is -0.393 e. The fraction of sp³-hybridized carbons (Fsp3) is 0.529. The fourth-order valence-electron chi connectivity index (χ4n) is 2.35. The molecule has 2 rings (SSSR count). The zero-order chi connectivity index (χ0) is 16.3. The molecule has 3 atom stereocenters. The number of aliphatic hydroxyl groups excluding tert-OH is 1. The van der Waals surface area contributed by atoms with Gasteiger partial charge in [-0.25, -0.2) is 0 Å². The first-order valence-electron chi connectivity index (χ1n) is 7.73. The number of anilines is 1. The van der Waals surface area contributed by atoms with Crippen molar-refractivity contribution in [1.29, 1.82) is 0 Å². The Morgan fingerprint density at radius 2 is 2.14 bits per heavy atom. The summed E-state index contributed by atoms with van der Waals surface area (Å²) in [6.45, 7) is 4.25. The molecule has 1 aromatic rings. The Hall–Kier alpha value is -1.88. The number of nitrogens with zero attached hydrogens (tertiary/aromatic N) is 1. The lowest BCUT2D eigenvalue weighted by Crippen LogP contribution is -2.29. The number of benzene rings is 1. The lowest BCUT2D eigenvalue weighted by molar-refractivity contribution is -0.117. The molecule has 0 aliphatic heterocycles. The van der Waals surface area contributed by atoms with Gasteiger partial charge in [-0.1, -0.05) is 13.0 Å². The van der Waals surface area contributed by atoms with Gasteiger partial charge in [0.15, 0.2) is 0 Å². The van der Waals surface area contributed by atoms with E-state index in [-0.39, 0.29) is 17.7 Å². The molecular weight excluding hydrogens is 280 g/mol. The van der Waals surface area contributed by atoms with Gasteiger partial charge in [-0.2, -0.15) is 0 Å². The van der Waals surface area contributed by atoms with E-state index in [4.69, 9.17) is 0 Å². The van der Waals surface area contributed by atoms with Crippen LogP contribution in [0.5, 0.6) is 0 Å². The lowest BCUT2D eigenvalue weighted by atomic mass is 10.1. The van der Waals surface area contributed by atoms with Crippen LogP contribution in [0.2, 0.25) is 0 Å². The van der Waals surface area contributed by atoms with E-state index in [9.17, 15) is 14.7 Å². The first-order valence-corrected chi connectivity index (χ1v) is 7.73. The second kappa shape index (κ2) is 6.92. The second-order valence-electron chi connectivity index (χ2n) is 6.25. The molecule has 0 saturated heterocycles. The molecule has 0 spiro atoms. The molecule has 1 aliphatic carbocycles. The second-order valence-corrected chi connectivity index (χ2v) is 6.25. The van der Waals surface area contributed by atoms with Crippen LogP contribution in [0.15, 0.2) is 24.3 Å². The third-order valence-electron chi connectivity index (χ3n) is 4.05. The van der Waals surface area contributed by atoms with Crippen LogP contribution in [-0.4, -0.2) is 41.5 Å². The molecule has 1 aromatic carbocycles. The van der Waals surface area contributed by atoms with Crippen molar-refractivity contribution >= 4 is 17.5 Å². The van der Waals surface area contributed by atoms with Crippen LogP contribution in [0.25, 0.3) is 0 Å². The number of amides is 2. The number of rotatable bonds is 6. The monoisotopic (exact) mass is 304 g/mol. The van der Waals surface area contributed by atoms with Crippen LogP contribution in [-0.2, 0) is 4.79 Å². The van der Waals surface area contributed by atoms with Crippen molar-refractivity contribution in [3.05, 3.63) is 29.8 Å². The zero-order valence-corrected chi connectivity index (χ0v) is 13.4. The normalized spacial score (nSPS) is 21.1. The summed E-state index contributed by atoms with van der Waals surface area (Å²) in [7, 11) is 1.71. The Bertz CT molecular complexity index is 557. The van der Waals surface area contributed by atoms with Crippen molar-refractivity contribution in [3.8, 4) is 0 Å². The van der Waals surface area contributed by atoms with Gasteiger partial charge in [0.2, 0.25) is 5.91 Å². The quantitative estimate of drug-likeness (QED) is 0.846. The van der Waals surface area contributed by atoms with Crippen LogP contribution < -0.4 is 5.32 Å². The maximum absolute atomic E-state index is 12.3. The van der Waals surface area contributed by atoms with Crippen LogP contribution >= 0.6 is 0 Å². The molecule has 1 aliphatic rings. The molecule has 5 nitrogen and oxygen atoms in total. The van der Waals surface area contributed by atoms with Crippen molar-refractivity contribution in [2.45, 2.75) is 32.8 Å². The number of aliphatic hydroxyl groups is 1. The van der Waals surface area contributed by atoms with E-state index in [1.807, 2.05) is 0 Å². The first-order chi connectivity index (χ1) is 10.4. The van der Waals surface area contributed by atoms with E-state index in [0.717, 1.165) is 6.42 Å². The van der Waals surface area contributed by atoms with Crippen molar-refractivity contribution < 1.29 is 14.7 Å². The van der Waals surface area contributed by atoms with Gasteiger partial charge in [-0.3, -0.25) is 9.59 Å². The lowest BCUT2D eigenvalue weighted by Gasteiger charge is -2.18. The molecule has 2 N–H and O–H groups in total. The smallest absolute Gasteiger partial charge is 0.253 e. The third kappa shape index (κ3) is 4.31. The highest BCUT2D eigenvalue weighted by Crippen LogP contribution is 2.38. The average Bonchev–Trinajstić information content (AvgIpc) is 3.21. The van der Waals surface area contributed by atoms with Gasteiger partial charge in [0.25, 0.3) is 5.91 Å². The largest absolute Gasteiger partial charge is 0.393 e. The Balaban J connectivity index is 1.98. The summed E-state index contributed by atoms with van der Waals surface area (Å²) in [5, 5.41) is 12.2. The molecule has 0 aromatic heterocycles. The number of carbonyl (C=O) groups excluding carboxylic acids is 2. The van der Waals surface area contributed by atoms with E-state index in [2.05, 4.69) is 12.2 Å². The topological polar surface area (TPSA) is 69.6 Å². The van der Waals surface area contributed by atoms with E-state index in [1.165, 1.54) is 0 Å². The summed E-state index contributed by atoms with van der Waals surface area (Å²) < 4.78 is 0. The molecule has 5 heteroatoms. The molecule has 0 bridgehead atoms. The molecule has 0 heterocycles. The predicted molar refractivity (Wildman–Crippen MR) is 85.6 cm³/mol. The third-order valence-corrected chi connectivity index (χ3v) is 4.05. The van der Waals surface area contributed by atoms with Crippen molar-refractivity contribution in [1.82, 2.24) is 4.90 Å². The highest BCUT2D eigenvalue weighted by molar-refractivity contribution is 5.98.